The lowest BCUT2D eigenvalue weighted by Gasteiger charge is -2.25. The second-order valence-corrected chi connectivity index (χ2v) is 6.60. The predicted octanol–water partition coefficient (Wildman–Crippen LogP) is 2.02. The number of carbonyl (C=O) groups is 3. The molecule has 0 atom stereocenters. The van der Waals surface area contributed by atoms with Gasteiger partial charge in [0, 0.05) is 6.92 Å². The first-order valence-electron chi connectivity index (χ1n) is 7.70. The maximum absolute atomic E-state index is 11.9. The highest BCUT2D eigenvalue weighted by molar-refractivity contribution is 6.63. The first-order chi connectivity index (χ1) is 10.6. The van der Waals surface area contributed by atoms with E-state index in [4.69, 9.17) is 14.3 Å². The van der Waals surface area contributed by atoms with E-state index in [2.05, 4.69) is 5.16 Å². The molecule has 0 unspecified atom stereocenters. The molecule has 0 saturated heterocycles. The molecule has 1 fully saturated rings. The van der Waals surface area contributed by atoms with Crippen LogP contribution in [0.4, 0.5) is 0 Å². The monoisotopic (exact) mass is 327 g/mol. The summed E-state index contributed by atoms with van der Waals surface area (Å²) in [6.07, 6.45) is 2.27. The molecule has 0 aromatic rings. The molecule has 1 aliphatic carbocycles. The molecule has 7 heteroatoms. The molecule has 7 nitrogen and oxygen atoms in total. The molecule has 0 heterocycles. The Morgan fingerprint density at radius 1 is 1.04 bits per heavy atom. The Bertz CT molecular complexity index is 483. The zero-order valence-corrected chi connectivity index (χ0v) is 14.4. The zero-order chi connectivity index (χ0) is 17.6. The Hall–Kier alpha value is -1.92. The van der Waals surface area contributed by atoms with E-state index in [9.17, 15) is 14.4 Å². The molecule has 0 N–H and O–H groups in total. The number of hydrogen-bond acceptors (Lipinski definition) is 7. The van der Waals surface area contributed by atoms with Gasteiger partial charge < -0.3 is 14.3 Å². The molecule has 0 bridgehead atoms. The lowest BCUT2D eigenvalue weighted by molar-refractivity contribution is -0.147. The van der Waals surface area contributed by atoms with E-state index < -0.39 is 17.4 Å². The molecule has 23 heavy (non-hydrogen) atoms. The third-order valence-corrected chi connectivity index (χ3v) is 3.43. The lowest BCUT2D eigenvalue weighted by Crippen LogP contribution is -2.33. The first-order valence-corrected chi connectivity index (χ1v) is 7.70. The van der Waals surface area contributed by atoms with Crippen LogP contribution in [0.1, 0.15) is 53.4 Å². The Labute approximate surface area is 136 Å². The van der Waals surface area contributed by atoms with Gasteiger partial charge in [0.05, 0.1) is 13.0 Å². The van der Waals surface area contributed by atoms with E-state index in [0.717, 1.165) is 0 Å². The fraction of sp³-hybridized carbons (Fsp3) is 0.750. The van der Waals surface area contributed by atoms with Crippen molar-refractivity contribution in [2.45, 2.75) is 65.1 Å². The van der Waals surface area contributed by atoms with E-state index in [1.165, 1.54) is 14.0 Å². The van der Waals surface area contributed by atoms with Gasteiger partial charge in [-0.1, -0.05) is 5.16 Å². The average Bonchev–Trinajstić information content (AvgIpc) is 2.45. The molecular formula is C16H25NO6. The predicted molar refractivity (Wildman–Crippen MR) is 82.8 cm³/mol. The summed E-state index contributed by atoms with van der Waals surface area (Å²) in [5.41, 5.74) is -1.07. The third-order valence-electron chi connectivity index (χ3n) is 3.43. The number of ether oxygens (including phenoxy) is 2. The molecule has 1 saturated carbocycles. The van der Waals surface area contributed by atoms with Crippen LogP contribution < -0.4 is 0 Å². The van der Waals surface area contributed by atoms with Crippen LogP contribution in [0, 0.1) is 5.92 Å². The summed E-state index contributed by atoms with van der Waals surface area (Å²) in [7, 11) is 1.37. The first kappa shape index (κ1) is 19.1. The van der Waals surface area contributed by atoms with Gasteiger partial charge in [0.2, 0.25) is 5.71 Å². The van der Waals surface area contributed by atoms with Crippen LogP contribution >= 0.6 is 0 Å². The van der Waals surface area contributed by atoms with Crippen molar-refractivity contribution in [3.8, 4) is 0 Å². The van der Waals surface area contributed by atoms with Crippen molar-refractivity contribution in [2.24, 2.45) is 11.1 Å². The van der Waals surface area contributed by atoms with Crippen molar-refractivity contribution in [1.82, 2.24) is 0 Å². The van der Waals surface area contributed by atoms with Gasteiger partial charge in [0.15, 0.2) is 5.78 Å². The molecule has 0 aromatic carbocycles. The number of methoxy groups -OCH3 is 1. The minimum atomic E-state index is -0.798. The highest BCUT2D eigenvalue weighted by Crippen LogP contribution is 2.27. The van der Waals surface area contributed by atoms with Gasteiger partial charge in [-0.2, -0.15) is 0 Å². The minimum Gasteiger partial charge on any atom is -0.469 e. The van der Waals surface area contributed by atoms with Crippen LogP contribution in [0.15, 0.2) is 5.16 Å². The number of rotatable bonds is 5. The van der Waals surface area contributed by atoms with Gasteiger partial charge in [-0.3, -0.25) is 9.59 Å². The molecule has 130 valence electrons. The Balaban J connectivity index is 2.61. The average molecular weight is 327 g/mol. The molecular weight excluding hydrogens is 302 g/mol. The number of carbonyl (C=O) groups excluding carboxylic acids is 3. The van der Waals surface area contributed by atoms with E-state index in [-0.39, 0.29) is 23.7 Å². The van der Waals surface area contributed by atoms with Gasteiger partial charge in [-0.05, 0) is 46.5 Å². The highest BCUT2D eigenvalue weighted by Gasteiger charge is 2.29. The number of Topliss-reactive ketones (excluding diaryl/α,β-unsaturated/α-hetero) is 1. The molecule has 0 aromatic heterocycles. The van der Waals surface area contributed by atoms with Gasteiger partial charge in [-0.15, -0.1) is 0 Å². The van der Waals surface area contributed by atoms with Crippen LogP contribution in [0.5, 0.6) is 0 Å². The summed E-state index contributed by atoms with van der Waals surface area (Å²) >= 11 is 0. The quantitative estimate of drug-likeness (QED) is 0.332. The van der Waals surface area contributed by atoms with Crippen LogP contribution in [0.2, 0.25) is 0 Å². The largest absolute Gasteiger partial charge is 0.469 e. The van der Waals surface area contributed by atoms with Crippen LogP contribution in [-0.4, -0.2) is 42.2 Å². The molecule has 1 rings (SSSR count). The number of esters is 2. The van der Waals surface area contributed by atoms with E-state index in [0.29, 0.717) is 25.7 Å². The third kappa shape index (κ3) is 6.38. The second kappa shape index (κ2) is 8.08. The van der Waals surface area contributed by atoms with Crippen molar-refractivity contribution in [3.63, 3.8) is 0 Å². The van der Waals surface area contributed by atoms with Gasteiger partial charge in [-0.25, -0.2) is 4.79 Å². The lowest BCUT2D eigenvalue weighted by atomic mass is 9.87. The molecule has 0 radical (unpaired) electrons. The van der Waals surface area contributed by atoms with E-state index in [1.54, 1.807) is 20.8 Å². The summed E-state index contributed by atoms with van der Waals surface area (Å²) < 4.78 is 9.85. The number of hydrogen-bond donors (Lipinski definition) is 0. The SMILES string of the molecule is COC(=O)[C@H]1CC[C@H](O/N=C(/C(C)=O)C(=O)OC(C)(C)C)CC1. The zero-order valence-electron chi connectivity index (χ0n) is 14.4. The van der Waals surface area contributed by atoms with Crippen LogP contribution in [-0.2, 0) is 28.7 Å². The summed E-state index contributed by atoms with van der Waals surface area (Å²) in [6.45, 7) is 6.35. The van der Waals surface area contributed by atoms with E-state index >= 15 is 0 Å². The molecule has 0 spiro atoms. The van der Waals surface area contributed by atoms with Gasteiger partial charge >= 0.3 is 11.9 Å². The molecule has 1 aliphatic rings. The standard InChI is InChI=1S/C16H25NO6/c1-10(18)13(15(20)22-16(2,3)4)17-23-12-8-6-11(7-9-12)14(19)21-5/h11-12H,6-9H2,1-5H3/b17-13-/t11-,12-. The van der Waals surface area contributed by atoms with Crippen molar-refractivity contribution in [2.75, 3.05) is 7.11 Å². The van der Waals surface area contributed by atoms with Crippen molar-refractivity contribution in [1.29, 1.82) is 0 Å². The van der Waals surface area contributed by atoms with E-state index in [1.807, 2.05) is 0 Å². The van der Waals surface area contributed by atoms with Gasteiger partial charge in [0.1, 0.15) is 11.7 Å². The smallest absolute Gasteiger partial charge is 0.364 e. The highest BCUT2D eigenvalue weighted by atomic mass is 16.6. The Morgan fingerprint density at radius 2 is 1.61 bits per heavy atom. The summed E-state index contributed by atoms with van der Waals surface area (Å²) in [6, 6.07) is 0. The fourth-order valence-electron chi connectivity index (χ4n) is 2.27. The molecule has 0 amide bonds. The van der Waals surface area contributed by atoms with Crippen molar-refractivity contribution < 1.29 is 28.7 Å². The maximum Gasteiger partial charge on any atom is 0.364 e. The second-order valence-electron chi connectivity index (χ2n) is 6.60. The fourth-order valence-corrected chi connectivity index (χ4v) is 2.27. The van der Waals surface area contributed by atoms with Crippen LogP contribution in [0.25, 0.3) is 0 Å². The van der Waals surface area contributed by atoms with Gasteiger partial charge in [0.25, 0.3) is 0 Å². The minimum absolute atomic E-state index is 0.123. The van der Waals surface area contributed by atoms with Crippen LogP contribution in [0.3, 0.4) is 0 Å². The summed E-state index contributed by atoms with van der Waals surface area (Å²) in [5, 5.41) is 3.70. The number of nitrogens with zero attached hydrogens (tertiary/aromatic N) is 1. The summed E-state index contributed by atoms with van der Waals surface area (Å²) in [5.74, 6) is -1.65. The Morgan fingerprint density at radius 3 is 2.04 bits per heavy atom. The number of oxime groups is 1. The molecule has 0 aliphatic heterocycles. The topological polar surface area (TPSA) is 91.3 Å². The normalized spacial score (nSPS) is 22.2. The van der Waals surface area contributed by atoms with Crippen molar-refractivity contribution in [3.05, 3.63) is 0 Å². The Kier molecular flexibility index (Phi) is 6.72. The number of ketones is 1. The summed E-state index contributed by atoms with van der Waals surface area (Å²) in [4.78, 5) is 40.3. The maximum atomic E-state index is 11.9. The van der Waals surface area contributed by atoms with Crippen molar-refractivity contribution >= 4 is 23.4 Å².